The standard InChI is InChI=1S/C13H17N3O2S/c1-9-6-11(18-16-9)7-13(17)14-5-3-4-12-10(2)15-8-19-12/h6,8H,3-5,7H2,1-2H3,(H,14,17). The number of hydrogen-bond donors (Lipinski definition) is 1. The van der Waals surface area contributed by atoms with E-state index in [0.717, 1.165) is 24.2 Å². The molecule has 0 aliphatic heterocycles. The molecule has 0 unspecified atom stereocenters. The molecule has 19 heavy (non-hydrogen) atoms. The topological polar surface area (TPSA) is 68.0 Å². The van der Waals surface area contributed by atoms with E-state index in [1.165, 1.54) is 4.88 Å². The second kappa shape index (κ2) is 6.47. The van der Waals surface area contributed by atoms with Crippen LogP contribution in [0, 0.1) is 13.8 Å². The molecule has 0 saturated heterocycles. The van der Waals surface area contributed by atoms with Gasteiger partial charge in [0.1, 0.15) is 5.76 Å². The summed E-state index contributed by atoms with van der Waals surface area (Å²) in [6.07, 6.45) is 2.13. The van der Waals surface area contributed by atoms with E-state index in [-0.39, 0.29) is 12.3 Å². The van der Waals surface area contributed by atoms with E-state index in [1.807, 2.05) is 19.4 Å². The Labute approximate surface area is 116 Å². The predicted molar refractivity (Wildman–Crippen MR) is 73.1 cm³/mol. The second-order valence-corrected chi connectivity index (χ2v) is 5.37. The van der Waals surface area contributed by atoms with Crippen molar-refractivity contribution in [1.29, 1.82) is 0 Å². The number of aromatic nitrogens is 2. The van der Waals surface area contributed by atoms with Crippen molar-refractivity contribution in [3.05, 3.63) is 33.6 Å². The molecule has 102 valence electrons. The Balaban J connectivity index is 1.65. The van der Waals surface area contributed by atoms with Crippen molar-refractivity contribution >= 4 is 17.2 Å². The SMILES string of the molecule is Cc1cc(CC(=O)NCCCc2scnc2C)on1. The molecule has 0 aliphatic rings. The maximum Gasteiger partial charge on any atom is 0.227 e. The minimum absolute atomic E-state index is 0.0304. The van der Waals surface area contributed by atoms with Crippen molar-refractivity contribution in [2.75, 3.05) is 6.54 Å². The van der Waals surface area contributed by atoms with Crippen LogP contribution in [-0.2, 0) is 17.6 Å². The molecule has 2 aromatic rings. The van der Waals surface area contributed by atoms with Crippen LogP contribution in [-0.4, -0.2) is 22.6 Å². The normalized spacial score (nSPS) is 10.6. The largest absolute Gasteiger partial charge is 0.361 e. The van der Waals surface area contributed by atoms with Crippen molar-refractivity contribution in [1.82, 2.24) is 15.5 Å². The van der Waals surface area contributed by atoms with Crippen LogP contribution in [0.15, 0.2) is 16.1 Å². The molecule has 0 aliphatic carbocycles. The lowest BCUT2D eigenvalue weighted by molar-refractivity contribution is -0.120. The minimum atomic E-state index is -0.0304. The highest BCUT2D eigenvalue weighted by atomic mass is 32.1. The molecule has 0 aromatic carbocycles. The van der Waals surface area contributed by atoms with Crippen LogP contribution in [0.2, 0.25) is 0 Å². The number of nitrogens with zero attached hydrogens (tertiary/aromatic N) is 2. The number of thiazole rings is 1. The number of carbonyl (C=O) groups is 1. The molecule has 1 amide bonds. The van der Waals surface area contributed by atoms with E-state index in [1.54, 1.807) is 17.4 Å². The van der Waals surface area contributed by atoms with Crippen LogP contribution in [0.4, 0.5) is 0 Å². The van der Waals surface area contributed by atoms with Crippen molar-refractivity contribution < 1.29 is 9.32 Å². The maximum absolute atomic E-state index is 11.6. The molecular weight excluding hydrogens is 262 g/mol. The Morgan fingerprint density at radius 2 is 2.32 bits per heavy atom. The summed E-state index contributed by atoms with van der Waals surface area (Å²) >= 11 is 1.67. The van der Waals surface area contributed by atoms with Gasteiger partial charge in [-0.25, -0.2) is 4.98 Å². The van der Waals surface area contributed by atoms with Crippen molar-refractivity contribution in [3.63, 3.8) is 0 Å². The van der Waals surface area contributed by atoms with Crippen LogP contribution in [0.5, 0.6) is 0 Å². The number of carbonyl (C=O) groups excluding carboxylic acids is 1. The molecule has 2 rings (SSSR count). The lowest BCUT2D eigenvalue weighted by Gasteiger charge is -2.03. The first-order chi connectivity index (χ1) is 9.15. The van der Waals surface area contributed by atoms with E-state index in [2.05, 4.69) is 15.5 Å². The predicted octanol–water partition coefficient (Wildman–Crippen LogP) is 2.04. The van der Waals surface area contributed by atoms with Gasteiger partial charge < -0.3 is 9.84 Å². The Hall–Kier alpha value is -1.69. The molecule has 0 spiro atoms. The molecule has 5 nitrogen and oxygen atoms in total. The smallest absolute Gasteiger partial charge is 0.227 e. The molecular formula is C13H17N3O2S. The monoisotopic (exact) mass is 279 g/mol. The van der Waals surface area contributed by atoms with Gasteiger partial charge in [0.15, 0.2) is 0 Å². The second-order valence-electron chi connectivity index (χ2n) is 4.43. The number of aryl methyl sites for hydroxylation is 3. The summed E-state index contributed by atoms with van der Waals surface area (Å²) in [5, 5.41) is 6.63. The zero-order valence-electron chi connectivity index (χ0n) is 11.1. The van der Waals surface area contributed by atoms with Crippen LogP contribution >= 0.6 is 11.3 Å². The third-order valence-corrected chi connectivity index (χ3v) is 3.75. The van der Waals surface area contributed by atoms with Gasteiger partial charge in [-0.3, -0.25) is 4.79 Å². The average Bonchev–Trinajstić information content (AvgIpc) is 2.94. The van der Waals surface area contributed by atoms with Crippen molar-refractivity contribution in [2.45, 2.75) is 33.1 Å². The molecule has 0 atom stereocenters. The summed E-state index contributed by atoms with van der Waals surface area (Å²) in [7, 11) is 0. The van der Waals surface area contributed by atoms with E-state index in [0.29, 0.717) is 12.3 Å². The average molecular weight is 279 g/mol. The minimum Gasteiger partial charge on any atom is -0.361 e. The van der Waals surface area contributed by atoms with Crippen molar-refractivity contribution in [3.8, 4) is 0 Å². The maximum atomic E-state index is 11.6. The summed E-state index contributed by atoms with van der Waals surface area (Å²) in [5.41, 5.74) is 3.74. The molecule has 1 N–H and O–H groups in total. The third kappa shape index (κ3) is 4.17. The van der Waals surface area contributed by atoms with Gasteiger partial charge in [0, 0.05) is 17.5 Å². The summed E-state index contributed by atoms with van der Waals surface area (Å²) in [4.78, 5) is 17.1. The number of nitrogens with one attached hydrogen (secondary N) is 1. The summed E-state index contributed by atoms with van der Waals surface area (Å²) < 4.78 is 5.00. The fourth-order valence-corrected chi connectivity index (χ4v) is 2.59. The fraction of sp³-hybridized carbons (Fsp3) is 0.462. The van der Waals surface area contributed by atoms with Gasteiger partial charge in [0.05, 0.1) is 23.3 Å². The molecule has 0 radical (unpaired) electrons. The highest BCUT2D eigenvalue weighted by molar-refractivity contribution is 7.09. The van der Waals surface area contributed by atoms with Crippen LogP contribution in [0.25, 0.3) is 0 Å². The Morgan fingerprint density at radius 3 is 2.95 bits per heavy atom. The van der Waals surface area contributed by atoms with Gasteiger partial charge >= 0.3 is 0 Å². The first-order valence-electron chi connectivity index (χ1n) is 6.23. The summed E-state index contributed by atoms with van der Waals surface area (Å²) in [5.74, 6) is 0.575. The lowest BCUT2D eigenvalue weighted by atomic mass is 10.2. The highest BCUT2D eigenvalue weighted by Crippen LogP contribution is 2.13. The van der Waals surface area contributed by atoms with E-state index in [4.69, 9.17) is 4.52 Å². The molecule has 2 aromatic heterocycles. The number of rotatable bonds is 6. The molecule has 0 fully saturated rings. The first-order valence-corrected chi connectivity index (χ1v) is 7.11. The van der Waals surface area contributed by atoms with Crippen LogP contribution in [0.1, 0.15) is 28.4 Å². The Morgan fingerprint density at radius 1 is 1.47 bits per heavy atom. The lowest BCUT2D eigenvalue weighted by Crippen LogP contribution is -2.26. The zero-order chi connectivity index (χ0) is 13.7. The molecule has 0 bridgehead atoms. The van der Waals surface area contributed by atoms with Gasteiger partial charge in [-0.2, -0.15) is 0 Å². The Kier molecular flexibility index (Phi) is 4.68. The third-order valence-electron chi connectivity index (χ3n) is 2.76. The van der Waals surface area contributed by atoms with E-state index in [9.17, 15) is 4.79 Å². The van der Waals surface area contributed by atoms with E-state index < -0.39 is 0 Å². The summed E-state index contributed by atoms with van der Waals surface area (Å²) in [6.45, 7) is 4.52. The van der Waals surface area contributed by atoms with Crippen LogP contribution in [0.3, 0.4) is 0 Å². The van der Waals surface area contributed by atoms with Gasteiger partial charge in [-0.05, 0) is 26.7 Å². The van der Waals surface area contributed by atoms with Crippen molar-refractivity contribution in [2.24, 2.45) is 0 Å². The van der Waals surface area contributed by atoms with Gasteiger partial charge in [0.2, 0.25) is 5.91 Å². The molecule has 6 heteroatoms. The fourth-order valence-electron chi connectivity index (χ4n) is 1.76. The van der Waals surface area contributed by atoms with Gasteiger partial charge in [-0.1, -0.05) is 5.16 Å². The van der Waals surface area contributed by atoms with Crippen LogP contribution < -0.4 is 5.32 Å². The molecule has 2 heterocycles. The zero-order valence-corrected chi connectivity index (χ0v) is 11.9. The molecule has 0 saturated carbocycles. The highest BCUT2D eigenvalue weighted by Gasteiger charge is 2.07. The summed E-state index contributed by atoms with van der Waals surface area (Å²) in [6, 6.07) is 1.78. The van der Waals surface area contributed by atoms with Gasteiger partial charge in [0.25, 0.3) is 0 Å². The van der Waals surface area contributed by atoms with E-state index >= 15 is 0 Å². The number of amides is 1. The quantitative estimate of drug-likeness (QED) is 0.822. The van der Waals surface area contributed by atoms with Gasteiger partial charge in [-0.15, -0.1) is 11.3 Å². The number of hydrogen-bond acceptors (Lipinski definition) is 5. The first kappa shape index (κ1) is 13.7. The Bertz CT molecular complexity index is 548.